The highest BCUT2D eigenvalue weighted by atomic mass is 16.5. The standard InChI is InChI=1S/C12H11NO3/c1-2-16-11-10-8(6-7-13-11)4-3-5-9(10)12(14)15/h3-7H,2H2,1H3,(H,14,15). The molecule has 0 aliphatic heterocycles. The average molecular weight is 217 g/mol. The Morgan fingerprint density at radius 3 is 2.94 bits per heavy atom. The van der Waals surface area contributed by atoms with E-state index in [1.165, 1.54) is 0 Å². The van der Waals surface area contributed by atoms with Gasteiger partial charge in [-0.25, -0.2) is 9.78 Å². The lowest BCUT2D eigenvalue weighted by molar-refractivity contribution is 0.0698. The van der Waals surface area contributed by atoms with E-state index in [4.69, 9.17) is 9.84 Å². The van der Waals surface area contributed by atoms with Crippen LogP contribution in [0.25, 0.3) is 10.8 Å². The second kappa shape index (κ2) is 4.18. The first kappa shape index (κ1) is 10.4. The second-order valence-electron chi connectivity index (χ2n) is 3.26. The Kier molecular flexibility index (Phi) is 2.72. The maximum Gasteiger partial charge on any atom is 0.336 e. The topological polar surface area (TPSA) is 59.4 Å². The fraction of sp³-hybridized carbons (Fsp3) is 0.167. The summed E-state index contributed by atoms with van der Waals surface area (Å²) in [5, 5.41) is 10.5. The van der Waals surface area contributed by atoms with Crippen molar-refractivity contribution in [1.29, 1.82) is 0 Å². The van der Waals surface area contributed by atoms with Gasteiger partial charge in [0.15, 0.2) is 0 Å². The highest BCUT2D eigenvalue weighted by molar-refractivity contribution is 6.05. The van der Waals surface area contributed by atoms with Gasteiger partial charge in [0, 0.05) is 6.20 Å². The van der Waals surface area contributed by atoms with E-state index in [1.807, 2.05) is 13.0 Å². The van der Waals surface area contributed by atoms with Gasteiger partial charge in [-0.2, -0.15) is 0 Å². The zero-order chi connectivity index (χ0) is 11.5. The van der Waals surface area contributed by atoms with Gasteiger partial charge in [0.05, 0.1) is 17.6 Å². The predicted molar refractivity (Wildman–Crippen MR) is 59.9 cm³/mol. The Morgan fingerprint density at radius 2 is 2.25 bits per heavy atom. The second-order valence-corrected chi connectivity index (χ2v) is 3.26. The maximum atomic E-state index is 11.1. The smallest absolute Gasteiger partial charge is 0.336 e. The number of benzene rings is 1. The van der Waals surface area contributed by atoms with Crippen LogP contribution in [-0.2, 0) is 0 Å². The number of aromatic nitrogens is 1. The average Bonchev–Trinajstić information content (AvgIpc) is 2.29. The molecule has 0 atom stereocenters. The van der Waals surface area contributed by atoms with Gasteiger partial charge in [0.2, 0.25) is 5.88 Å². The number of rotatable bonds is 3. The molecule has 2 aromatic rings. The van der Waals surface area contributed by atoms with Gasteiger partial charge in [-0.15, -0.1) is 0 Å². The van der Waals surface area contributed by atoms with Crippen LogP contribution in [0.5, 0.6) is 5.88 Å². The minimum Gasteiger partial charge on any atom is -0.478 e. The molecule has 16 heavy (non-hydrogen) atoms. The zero-order valence-corrected chi connectivity index (χ0v) is 8.80. The first-order valence-electron chi connectivity index (χ1n) is 4.98. The third kappa shape index (κ3) is 1.69. The van der Waals surface area contributed by atoms with Crippen LogP contribution in [-0.4, -0.2) is 22.7 Å². The van der Waals surface area contributed by atoms with Crippen LogP contribution in [0.1, 0.15) is 17.3 Å². The Hall–Kier alpha value is -2.10. The lowest BCUT2D eigenvalue weighted by Gasteiger charge is -2.08. The molecule has 0 radical (unpaired) electrons. The number of carbonyl (C=O) groups is 1. The summed E-state index contributed by atoms with van der Waals surface area (Å²) < 4.78 is 5.34. The number of carboxylic acid groups (broad SMARTS) is 1. The molecule has 82 valence electrons. The Balaban J connectivity index is 2.76. The monoisotopic (exact) mass is 217 g/mol. The summed E-state index contributed by atoms with van der Waals surface area (Å²) in [5.74, 6) is -0.599. The van der Waals surface area contributed by atoms with E-state index in [1.54, 1.807) is 24.4 Å². The van der Waals surface area contributed by atoms with E-state index < -0.39 is 5.97 Å². The van der Waals surface area contributed by atoms with E-state index >= 15 is 0 Å². The van der Waals surface area contributed by atoms with Crippen molar-refractivity contribution >= 4 is 16.7 Å². The number of ether oxygens (including phenoxy) is 1. The van der Waals surface area contributed by atoms with E-state index in [-0.39, 0.29) is 5.56 Å². The summed E-state index contributed by atoms with van der Waals surface area (Å²) in [5.41, 5.74) is 0.217. The fourth-order valence-electron chi connectivity index (χ4n) is 1.62. The molecule has 4 nitrogen and oxygen atoms in total. The van der Waals surface area contributed by atoms with Crippen molar-refractivity contribution in [2.24, 2.45) is 0 Å². The summed E-state index contributed by atoms with van der Waals surface area (Å²) in [6.45, 7) is 2.30. The van der Waals surface area contributed by atoms with Crippen LogP contribution in [0, 0.1) is 0 Å². The van der Waals surface area contributed by atoms with Gasteiger partial charge < -0.3 is 9.84 Å². The van der Waals surface area contributed by atoms with Crippen LogP contribution in [0.4, 0.5) is 0 Å². The number of hydrogen-bond acceptors (Lipinski definition) is 3. The molecular formula is C12H11NO3. The van der Waals surface area contributed by atoms with Crippen LogP contribution in [0.2, 0.25) is 0 Å². The Morgan fingerprint density at radius 1 is 1.44 bits per heavy atom. The maximum absolute atomic E-state index is 11.1. The molecule has 2 rings (SSSR count). The number of nitrogens with zero attached hydrogens (tertiary/aromatic N) is 1. The third-order valence-electron chi connectivity index (χ3n) is 2.27. The molecule has 0 bridgehead atoms. The SMILES string of the molecule is CCOc1nccc2cccc(C(=O)O)c12. The van der Waals surface area contributed by atoms with Crippen molar-refractivity contribution in [2.45, 2.75) is 6.92 Å². The lowest BCUT2D eigenvalue weighted by Crippen LogP contribution is -2.01. The summed E-state index contributed by atoms with van der Waals surface area (Å²) in [6.07, 6.45) is 1.61. The highest BCUT2D eigenvalue weighted by Crippen LogP contribution is 2.26. The van der Waals surface area contributed by atoms with Crippen molar-refractivity contribution in [3.63, 3.8) is 0 Å². The minimum absolute atomic E-state index is 0.217. The van der Waals surface area contributed by atoms with Gasteiger partial charge in [-0.05, 0) is 24.4 Å². The number of hydrogen-bond donors (Lipinski definition) is 1. The molecule has 0 amide bonds. The van der Waals surface area contributed by atoms with E-state index in [0.717, 1.165) is 5.39 Å². The predicted octanol–water partition coefficient (Wildman–Crippen LogP) is 2.33. The van der Waals surface area contributed by atoms with Crippen LogP contribution >= 0.6 is 0 Å². The molecule has 0 saturated carbocycles. The van der Waals surface area contributed by atoms with Gasteiger partial charge in [0.1, 0.15) is 0 Å². The molecule has 0 unspecified atom stereocenters. The molecule has 0 saturated heterocycles. The first-order chi connectivity index (χ1) is 7.74. The van der Waals surface area contributed by atoms with Crippen molar-refractivity contribution in [3.05, 3.63) is 36.0 Å². The fourth-order valence-corrected chi connectivity index (χ4v) is 1.62. The summed E-state index contributed by atoms with van der Waals surface area (Å²) in [4.78, 5) is 15.1. The normalized spacial score (nSPS) is 10.3. The first-order valence-corrected chi connectivity index (χ1v) is 4.98. The molecule has 1 aromatic carbocycles. The molecule has 0 fully saturated rings. The minimum atomic E-state index is -0.973. The van der Waals surface area contributed by atoms with Crippen molar-refractivity contribution in [2.75, 3.05) is 6.61 Å². The molecule has 0 spiro atoms. The largest absolute Gasteiger partial charge is 0.478 e. The highest BCUT2D eigenvalue weighted by Gasteiger charge is 2.13. The Bertz CT molecular complexity index is 532. The van der Waals surface area contributed by atoms with Crippen LogP contribution in [0.3, 0.4) is 0 Å². The summed E-state index contributed by atoms with van der Waals surface area (Å²) >= 11 is 0. The van der Waals surface area contributed by atoms with Crippen molar-refractivity contribution in [3.8, 4) is 5.88 Å². The van der Waals surface area contributed by atoms with Crippen molar-refractivity contribution < 1.29 is 14.6 Å². The Labute approximate surface area is 92.5 Å². The molecule has 1 aromatic heterocycles. The van der Waals surface area contributed by atoms with Crippen LogP contribution < -0.4 is 4.74 Å². The van der Waals surface area contributed by atoms with Gasteiger partial charge >= 0.3 is 5.97 Å². The number of fused-ring (bicyclic) bond motifs is 1. The summed E-state index contributed by atoms with van der Waals surface area (Å²) in [6, 6.07) is 6.87. The molecular weight excluding hydrogens is 206 g/mol. The molecule has 4 heteroatoms. The third-order valence-corrected chi connectivity index (χ3v) is 2.27. The van der Waals surface area contributed by atoms with Crippen molar-refractivity contribution in [1.82, 2.24) is 4.98 Å². The van der Waals surface area contributed by atoms with Crippen LogP contribution in [0.15, 0.2) is 30.5 Å². The number of pyridine rings is 1. The molecule has 1 heterocycles. The van der Waals surface area contributed by atoms with Gasteiger partial charge in [-0.3, -0.25) is 0 Å². The number of aromatic carboxylic acids is 1. The van der Waals surface area contributed by atoms with Gasteiger partial charge in [-0.1, -0.05) is 12.1 Å². The van der Waals surface area contributed by atoms with Gasteiger partial charge in [0.25, 0.3) is 0 Å². The molecule has 1 N–H and O–H groups in total. The molecule has 0 aliphatic carbocycles. The lowest BCUT2D eigenvalue weighted by atomic mass is 10.1. The van der Waals surface area contributed by atoms with E-state index in [0.29, 0.717) is 17.9 Å². The zero-order valence-electron chi connectivity index (χ0n) is 8.80. The summed E-state index contributed by atoms with van der Waals surface area (Å²) in [7, 11) is 0. The number of carboxylic acids is 1. The van der Waals surface area contributed by atoms with E-state index in [9.17, 15) is 4.79 Å². The quantitative estimate of drug-likeness (QED) is 0.857. The van der Waals surface area contributed by atoms with E-state index in [2.05, 4.69) is 4.98 Å². The molecule has 0 aliphatic rings.